The van der Waals surface area contributed by atoms with E-state index >= 15 is 0 Å². The number of hydrogen-bond donors (Lipinski definition) is 1. The summed E-state index contributed by atoms with van der Waals surface area (Å²) in [6, 6.07) is 12.2. The average molecular weight is 478 g/mol. The van der Waals surface area contributed by atoms with E-state index in [0.29, 0.717) is 12.2 Å². The summed E-state index contributed by atoms with van der Waals surface area (Å²) in [6.45, 7) is 6.25. The zero-order valence-electron chi connectivity index (χ0n) is 19.5. The van der Waals surface area contributed by atoms with Gasteiger partial charge in [-0.3, -0.25) is 13.9 Å². The number of likely N-dealkylation sites (N-methyl/N-ethyl adjacent to an activating group) is 1. The third-order valence-electron chi connectivity index (χ3n) is 5.26. The van der Waals surface area contributed by atoms with Gasteiger partial charge >= 0.3 is 0 Å². The first-order valence-corrected chi connectivity index (χ1v) is 12.7. The zero-order valence-corrected chi connectivity index (χ0v) is 20.4. The van der Waals surface area contributed by atoms with Crippen LogP contribution < -0.4 is 9.62 Å². The number of carbonyl (C=O) groups excluding carboxylic acids is 2. The van der Waals surface area contributed by atoms with Gasteiger partial charge in [-0.1, -0.05) is 29.8 Å². The van der Waals surface area contributed by atoms with E-state index in [0.717, 1.165) is 21.7 Å². The van der Waals surface area contributed by atoms with Crippen molar-refractivity contribution in [2.75, 3.05) is 23.7 Å². The molecular weight excluding hydrogens is 445 g/mol. The van der Waals surface area contributed by atoms with Crippen molar-refractivity contribution in [2.45, 2.75) is 46.2 Å². The number of anilines is 1. The summed E-state index contributed by atoms with van der Waals surface area (Å²) in [5.74, 6) is -0.961. The highest BCUT2D eigenvalue weighted by Crippen LogP contribution is 2.19. The molecule has 0 bridgehead atoms. The van der Waals surface area contributed by atoms with E-state index in [4.69, 9.17) is 0 Å². The van der Waals surface area contributed by atoms with E-state index in [1.165, 1.54) is 29.2 Å². The molecule has 1 N–H and O–H groups in total. The number of carbonyl (C=O) groups is 2. The Morgan fingerprint density at radius 2 is 1.67 bits per heavy atom. The van der Waals surface area contributed by atoms with Crippen molar-refractivity contribution in [1.82, 2.24) is 10.2 Å². The van der Waals surface area contributed by atoms with Crippen LogP contribution in [0.25, 0.3) is 0 Å². The Bertz CT molecular complexity index is 1040. The van der Waals surface area contributed by atoms with Crippen LogP contribution in [0.1, 0.15) is 37.8 Å². The smallest absolute Gasteiger partial charge is 0.242 e. The molecule has 0 fully saturated rings. The number of hydrogen-bond acceptors (Lipinski definition) is 4. The fourth-order valence-electron chi connectivity index (χ4n) is 3.41. The van der Waals surface area contributed by atoms with Gasteiger partial charge in [-0.25, -0.2) is 12.8 Å². The molecule has 9 heteroatoms. The number of nitrogens with zero attached hydrogens (tertiary/aromatic N) is 2. The van der Waals surface area contributed by atoms with Crippen LogP contribution in [0.5, 0.6) is 0 Å². The SMILES string of the molecule is CCNC(=O)C(C)N(Cc1ccc(C)cc1)C(=O)CCCN(c1ccc(F)cc1)S(C)(=O)=O. The second-order valence-electron chi connectivity index (χ2n) is 7.99. The maximum absolute atomic E-state index is 13.2. The summed E-state index contributed by atoms with van der Waals surface area (Å²) in [4.78, 5) is 27.1. The van der Waals surface area contributed by atoms with Crippen LogP contribution in [0, 0.1) is 12.7 Å². The van der Waals surface area contributed by atoms with Gasteiger partial charge in [0, 0.05) is 26.1 Å². The molecule has 2 rings (SSSR count). The molecule has 0 spiro atoms. The number of amides is 2. The van der Waals surface area contributed by atoms with Gasteiger partial charge in [0.2, 0.25) is 21.8 Å². The highest BCUT2D eigenvalue weighted by molar-refractivity contribution is 7.92. The molecule has 0 saturated heterocycles. The van der Waals surface area contributed by atoms with Crippen molar-refractivity contribution >= 4 is 27.5 Å². The Morgan fingerprint density at radius 1 is 1.06 bits per heavy atom. The lowest BCUT2D eigenvalue weighted by atomic mass is 10.1. The zero-order chi connectivity index (χ0) is 24.6. The molecule has 7 nitrogen and oxygen atoms in total. The fourth-order valence-corrected chi connectivity index (χ4v) is 4.37. The lowest BCUT2D eigenvalue weighted by Crippen LogP contribution is -2.47. The van der Waals surface area contributed by atoms with Gasteiger partial charge in [0.05, 0.1) is 11.9 Å². The Balaban J connectivity index is 2.13. The molecule has 180 valence electrons. The van der Waals surface area contributed by atoms with Crippen molar-refractivity contribution in [3.8, 4) is 0 Å². The Labute approximate surface area is 195 Å². The lowest BCUT2D eigenvalue weighted by molar-refractivity contribution is -0.140. The maximum Gasteiger partial charge on any atom is 0.242 e. The van der Waals surface area contributed by atoms with Gasteiger partial charge in [0.25, 0.3) is 0 Å². The van der Waals surface area contributed by atoms with Crippen LogP contribution in [0.2, 0.25) is 0 Å². The first-order valence-electron chi connectivity index (χ1n) is 10.9. The Hall–Kier alpha value is -2.94. The average Bonchev–Trinajstić information content (AvgIpc) is 2.76. The van der Waals surface area contributed by atoms with Gasteiger partial charge < -0.3 is 10.2 Å². The monoisotopic (exact) mass is 477 g/mol. The van der Waals surface area contributed by atoms with Gasteiger partial charge in [-0.15, -0.1) is 0 Å². The largest absolute Gasteiger partial charge is 0.355 e. The summed E-state index contributed by atoms with van der Waals surface area (Å²) in [5, 5.41) is 2.74. The lowest BCUT2D eigenvalue weighted by Gasteiger charge is -2.29. The van der Waals surface area contributed by atoms with E-state index in [2.05, 4.69) is 5.32 Å². The quantitative estimate of drug-likeness (QED) is 0.538. The minimum absolute atomic E-state index is 0.0584. The van der Waals surface area contributed by atoms with Crippen LogP contribution in [-0.2, 0) is 26.2 Å². The molecule has 0 radical (unpaired) electrons. The molecule has 2 amide bonds. The first kappa shape index (κ1) is 26.3. The molecule has 1 atom stereocenters. The highest BCUT2D eigenvalue weighted by Gasteiger charge is 2.26. The molecule has 2 aromatic carbocycles. The standard InChI is InChI=1S/C24H32FN3O4S/c1-5-26-24(30)19(3)27(17-20-10-8-18(2)9-11-20)23(29)7-6-16-28(33(4,31)32)22-14-12-21(25)13-15-22/h8-15,19H,5-7,16-17H2,1-4H3,(H,26,30). The molecule has 33 heavy (non-hydrogen) atoms. The van der Waals surface area contributed by atoms with E-state index in [1.54, 1.807) is 6.92 Å². The molecule has 1 unspecified atom stereocenters. The van der Waals surface area contributed by atoms with Crippen molar-refractivity contribution in [1.29, 1.82) is 0 Å². The van der Waals surface area contributed by atoms with E-state index in [-0.39, 0.29) is 37.7 Å². The van der Waals surface area contributed by atoms with Crippen LogP contribution in [-0.4, -0.2) is 50.5 Å². The molecule has 0 aliphatic heterocycles. The number of nitrogens with one attached hydrogen (secondary N) is 1. The number of halogens is 1. The molecule has 0 heterocycles. The number of aryl methyl sites for hydroxylation is 1. The molecule has 0 aliphatic carbocycles. The Morgan fingerprint density at radius 3 is 2.21 bits per heavy atom. The molecule has 0 aromatic heterocycles. The van der Waals surface area contributed by atoms with Gasteiger partial charge in [0.1, 0.15) is 11.9 Å². The predicted octanol–water partition coefficient (Wildman–Crippen LogP) is 3.23. The van der Waals surface area contributed by atoms with Crippen molar-refractivity contribution in [3.05, 3.63) is 65.5 Å². The summed E-state index contributed by atoms with van der Waals surface area (Å²) in [5.41, 5.74) is 2.32. The highest BCUT2D eigenvalue weighted by atomic mass is 32.2. The minimum Gasteiger partial charge on any atom is -0.355 e. The second kappa shape index (κ2) is 11.8. The van der Waals surface area contributed by atoms with Crippen molar-refractivity contribution < 1.29 is 22.4 Å². The van der Waals surface area contributed by atoms with Crippen molar-refractivity contribution in [3.63, 3.8) is 0 Å². The third-order valence-corrected chi connectivity index (χ3v) is 6.45. The normalized spacial score (nSPS) is 12.2. The minimum atomic E-state index is -3.62. The number of rotatable bonds is 11. The van der Waals surface area contributed by atoms with Gasteiger partial charge in [0.15, 0.2) is 0 Å². The fraction of sp³-hybridized carbons (Fsp3) is 0.417. The number of benzene rings is 2. The first-order chi connectivity index (χ1) is 15.5. The van der Waals surface area contributed by atoms with Crippen LogP contribution in [0.15, 0.2) is 48.5 Å². The second-order valence-corrected chi connectivity index (χ2v) is 9.90. The number of sulfonamides is 1. The van der Waals surface area contributed by atoms with Gasteiger partial charge in [-0.05, 0) is 57.0 Å². The summed E-state index contributed by atoms with van der Waals surface area (Å²) < 4.78 is 38.9. The Kier molecular flexibility index (Phi) is 9.40. The predicted molar refractivity (Wildman–Crippen MR) is 128 cm³/mol. The van der Waals surface area contributed by atoms with Crippen LogP contribution in [0.4, 0.5) is 10.1 Å². The van der Waals surface area contributed by atoms with E-state index < -0.39 is 21.9 Å². The summed E-state index contributed by atoms with van der Waals surface area (Å²) in [6.07, 6.45) is 1.37. The van der Waals surface area contributed by atoms with E-state index in [1.807, 2.05) is 38.1 Å². The van der Waals surface area contributed by atoms with Gasteiger partial charge in [-0.2, -0.15) is 0 Å². The molecular formula is C24H32FN3O4S. The maximum atomic E-state index is 13.2. The summed E-state index contributed by atoms with van der Waals surface area (Å²) in [7, 11) is -3.62. The summed E-state index contributed by atoms with van der Waals surface area (Å²) >= 11 is 0. The van der Waals surface area contributed by atoms with E-state index in [9.17, 15) is 22.4 Å². The molecule has 0 aliphatic rings. The molecule has 2 aromatic rings. The van der Waals surface area contributed by atoms with Crippen LogP contribution >= 0.6 is 0 Å². The molecule has 0 saturated carbocycles. The van der Waals surface area contributed by atoms with Crippen molar-refractivity contribution in [2.24, 2.45) is 0 Å². The topological polar surface area (TPSA) is 86.8 Å². The third kappa shape index (κ3) is 7.85. The van der Waals surface area contributed by atoms with Crippen LogP contribution in [0.3, 0.4) is 0 Å².